The van der Waals surface area contributed by atoms with Crippen molar-refractivity contribution in [3.05, 3.63) is 101 Å². The number of hydrogen-bond acceptors (Lipinski definition) is 5. The van der Waals surface area contributed by atoms with Crippen molar-refractivity contribution >= 4 is 34.6 Å². The Balaban J connectivity index is 1.31. The first-order valence-corrected chi connectivity index (χ1v) is 10.1. The largest absolute Gasteiger partial charge is 0.340 e. The first-order valence-electron chi connectivity index (χ1n) is 10.1. The molecule has 5 rings (SSSR count). The highest BCUT2D eigenvalue weighted by Gasteiger charge is 2.19. The molecule has 0 atom stereocenters. The molecule has 6 nitrogen and oxygen atoms in total. The molecule has 0 fully saturated rings. The molecule has 3 N–H and O–H groups in total. The number of fused-ring (bicyclic) bond motifs is 2. The number of nitrogens with one attached hydrogen (secondary N) is 3. The Morgan fingerprint density at radius 1 is 0.935 bits per heavy atom. The molecule has 0 saturated heterocycles. The highest BCUT2D eigenvalue weighted by Crippen LogP contribution is 2.35. The predicted molar refractivity (Wildman–Crippen MR) is 123 cm³/mol. The van der Waals surface area contributed by atoms with E-state index in [4.69, 9.17) is 0 Å². The molecule has 3 aromatic carbocycles. The second kappa shape index (κ2) is 7.91. The fraction of sp³-hybridized carbons (Fsp3) is 0.0800. The van der Waals surface area contributed by atoms with Crippen LogP contribution in [0.1, 0.15) is 27.0 Å². The van der Waals surface area contributed by atoms with Gasteiger partial charge in [0.2, 0.25) is 0 Å². The van der Waals surface area contributed by atoms with Gasteiger partial charge >= 0.3 is 0 Å². The van der Waals surface area contributed by atoms with E-state index in [1.165, 1.54) is 5.56 Å². The van der Waals surface area contributed by atoms with E-state index in [-0.39, 0.29) is 5.91 Å². The summed E-state index contributed by atoms with van der Waals surface area (Å²) in [6, 6.07) is 23.3. The lowest BCUT2D eigenvalue weighted by Crippen LogP contribution is -2.12. The third kappa shape index (κ3) is 3.96. The van der Waals surface area contributed by atoms with Gasteiger partial charge in [0.25, 0.3) is 5.91 Å². The third-order valence-corrected chi connectivity index (χ3v) is 5.27. The molecule has 1 aliphatic rings. The van der Waals surface area contributed by atoms with E-state index in [1.807, 2.05) is 67.6 Å². The second-order valence-electron chi connectivity index (χ2n) is 7.53. The number of carbonyl (C=O) groups is 1. The number of rotatable bonds is 4. The number of para-hydroxylation sites is 1. The van der Waals surface area contributed by atoms with E-state index in [9.17, 15) is 4.79 Å². The highest BCUT2D eigenvalue weighted by atomic mass is 16.1. The molecule has 0 radical (unpaired) electrons. The van der Waals surface area contributed by atoms with Crippen LogP contribution in [0.15, 0.2) is 79.1 Å². The minimum absolute atomic E-state index is 0.126. The number of amides is 1. The van der Waals surface area contributed by atoms with Crippen molar-refractivity contribution in [3.63, 3.8) is 0 Å². The molecule has 4 aromatic rings. The monoisotopic (exact) mass is 407 g/mol. The molecule has 0 unspecified atom stereocenters. The summed E-state index contributed by atoms with van der Waals surface area (Å²) in [6.07, 6.45) is 2.31. The standard InChI is InChI=1S/C25H21N5O/c1-16-5-4-7-18(13-16)25(31)29-20-11-9-19(10-12-20)28-23-21-14-17-6-2-3-8-22(17)30-24(21)27-15-26-23/h2-13,15H,14H2,1H3,(H,29,31)(H2,26,27,28,30). The van der Waals surface area contributed by atoms with Gasteiger partial charge in [0.15, 0.2) is 0 Å². The fourth-order valence-corrected chi connectivity index (χ4v) is 3.67. The molecule has 1 amide bonds. The van der Waals surface area contributed by atoms with E-state index in [0.717, 1.165) is 46.2 Å². The van der Waals surface area contributed by atoms with Crippen molar-refractivity contribution in [1.82, 2.24) is 9.97 Å². The fourth-order valence-electron chi connectivity index (χ4n) is 3.67. The molecule has 31 heavy (non-hydrogen) atoms. The Hall–Kier alpha value is -4.19. The minimum Gasteiger partial charge on any atom is -0.340 e. The van der Waals surface area contributed by atoms with Gasteiger partial charge in [0, 0.05) is 34.6 Å². The first-order chi connectivity index (χ1) is 15.2. The van der Waals surface area contributed by atoms with E-state index in [0.29, 0.717) is 5.56 Å². The maximum absolute atomic E-state index is 12.5. The summed E-state index contributed by atoms with van der Waals surface area (Å²) >= 11 is 0. The molecule has 1 aromatic heterocycles. The molecule has 0 aliphatic carbocycles. The van der Waals surface area contributed by atoms with Gasteiger partial charge in [-0.05, 0) is 55.0 Å². The van der Waals surface area contributed by atoms with Gasteiger partial charge in [-0.1, -0.05) is 35.9 Å². The SMILES string of the molecule is Cc1cccc(C(=O)Nc2ccc(Nc3ncnc4c3Cc3ccccc3N4)cc2)c1. The maximum Gasteiger partial charge on any atom is 0.255 e. The van der Waals surface area contributed by atoms with Gasteiger partial charge in [-0.2, -0.15) is 0 Å². The second-order valence-corrected chi connectivity index (χ2v) is 7.53. The van der Waals surface area contributed by atoms with E-state index in [2.05, 4.69) is 38.1 Å². The predicted octanol–water partition coefficient (Wildman–Crippen LogP) is 5.43. The number of anilines is 5. The Morgan fingerprint density at radius 2 is 1.74 bits per heavy atom. The Labute approximate surface area is 180 Å². The van der Waals surface area contributed by atoms with Gasteiger partial charge in [0.05, 0.1) is 0 Å². The maximum atomic E-state index is 12.5. The molecular weight excluding hydrogens is 386 g/mol. The van der Waals surface area contributed by atoms with Crippen molar-refractivity contribution in [2.24, 2.45) is 0 Å². The lowest BCUT2D eigenvalue weighted by molar-refractivity contribution is 0.102. The van der Waals surface area contributed by atoms with E-state index >= 15 is 0 Å². The average molecular weight is 407 g/mol. The van der Waals surface area contributed by atoms with Gasteiger partial charge < -0.3 is 16.0 Å². The molecular formula is C25H21N5O. The van der Waals surface area contributed by atoms with Crippen molar-refractivity contribution in [2.75, 3.05) is 16.0 Å². The molecule has 6 heteroatoms. The molecule has 1 aliphatic heterocycles. The summed E-state index contributed by atoms with van der Waals surface area (Å²) < 4.78 is 0. The van der Waals surface area contributed by atoms with Crippen LogP contribution in [0.2, 0.25) is 0 Å². The molecule has 152 valence electrons. The van der Waals surface area contributed by atoms with E-state index < -0.39 is 0 Å². The number of aromatic nitrogens is 2. The Kier molecular flexibility index (Phi) is 4.80. The van der Waals surface area contributed by atoms with Gasteiger partial charge in [-0.25, -0.2) is 9.97 Å². The summed E-state index contributed by atoms with van der Waals surface area (Å²) in [4.78, 5) is 21.3. The highest BCUT2D eigenvalue weighted by molar-refractivity contribution is 6.04. The first kappa shape index (κ1) is 18.8. The van der Waals surface area contributed by atoms with Crippen LogP contribution in [0.4, 0.5) is 28.7 Å². The summed E-state index contributed by atoms with van der Waals surface area (Å²) in [7, 11) is 0. The van der Waals surface area contributed by atoms with Gasteiger partial charge in [-0.15, -0.1) is 0 Å². The van der Waals surface area contributed by atoms with Crippen LogP contribution in [0.3, 0.4) is 0 Å². The molecule has 0 spiro atoms. The Morgan fingerprint density at radius 3 is 2.58 bits per heavy atom. The number of nitrogens with zero attached hydrogens (tertiary/aromatic N) is 2. The summed E-state index contributed by atoms with van der Waals surface area (Å²) in [5.74, 6) is 1.46. The zero-order chi connectivity index (χ0) is 21.2. The van der Waals surface area contributed by atoms with Crippen LogP contribution >= 0.6 is 0 Å². The summed E-state index contributed by atoms with van der Waals surface area (Å²) in [6.45, 7) is 1.97. The van der Waals surface area contributed by atoms with Crippen molar-refractivity contribution in [1.29, 1.82) is 0 Å². The normalized spacial score (nSPS) is 11.6. The molecule has 0 saturated carbocycles. The van der Waals surface area contributed by atoms with Crippen LogP contribution in [0.5, 0.6) is 0 Å². The minimum atomic E-state index is -0.126. The van der Waals surface area contributed by atoms with Crippen LogP contribution in [0, 0.1) is 6.92 Å². The summed E-state index contributed by atoms with van der Waals surface area (Å²) in [5.41, 5.74) is 6.62. The van der Waals surface area contributed by atoms with Crippen LogP contribution in [-0.2, 0) is 6.42 Å². The van der Waals surface area contributed by atoms with Gasteiger partial charge in [-0.3, -0.25) is 4.79 Å². The lowest BCUT2D eigenvalue weighted by Gasteiger charge is -2.22. The smallest absolute Gasteiger partial charge is 0.255 e. The van der Waals surface area contributed by atoms with Crippen molar-refractivity contribution in [2.45, 2.75) is 13.3 Å². The van der Waals surface area contributed by atoms with Crippen molar-refractivity contribution in [3.8, 4) is 0 Å². The third-order valence-electron chi connectivity index (χ3n) is 5.27. The molecule has 2 heterocycles. The van der Waals surface area contributed by atoms with Crippen LogP contribution < -0.4 is 16.0 Å². The zero-order valence-corrected chi connectivity index (χ0v) is 17.0. The quantitative estimate of drug-likeness (QED) is 0.370. The number of hydrogen-bond donors (Lipinski definition) is 3. The van der Waals surface area contributed by atoms with Crippen LogP contribution in [0.25, 0.3) is 0 Å². The van der Waals surface area contributed by atoms with E-state index in [1.54, 1.807) is 6.33 Å². The van der Waals surface area contributed by atoms with Crippen LogP contribution in [-0.4, -0.2) is 15.9 Å². The average Bonchev–Trinajstić information content (AvgIpc) is 2.79. The summed E-state index contributed by atoms with van der Waals surface area (Å²) in [5, 5.41) is 9.69. The molecule has 0 bridgehead atoms. The van der Waals surface area contributed by atoms with Gasteiger partial charge in [0.1, 0.15) is 18.0 Å². The Bertz CT molecular complexity index is 1270. The zero-order valence-electron chi connectivity index (χ0n) is 17.0. The number of benzene rings is 3. The number of aryl methyl sites for hydroxylation is 1. The number of carbonyl (C=O) groups excluding carboxylic acids is 1. The topological polar surface area (TPSA) is 78.9 Å². The lowest BCUT2D eigenvalue weighted by atomic mass is 10.00. The van der Waals surface area contributed by atoms with Crippen molar-refractivity contribution < 1.29 is 4.79 Å².